The highest BCUT2D eigenvalue weighted by molar-refractivity contribution is 5.44. The Morgan fingerprint density at radius 1 is 1.00 bits per heavy atom. The zero-order valence-electron chi connectivity index (χ0n) is 10.2. The van der Waals surface area contributed by atoms with Crippen LogP contribution in [0.15, 0.2) is 6.07 Å². The molecule has 0 nitrogen and oxygen atoms in total. The van der Waals surface area contributed by atoms with Gasteiger partial charge in [0.1, 0.15) is 0 Å². The summed E-state index contributed by atoms with van der Waals surface area (Å²) in [5.74, 6) is 0. The molecule has 0 aromatic heterocycles. The summed E-state index contributed by atoms with van der Waals surface area (Å²) in [5.41, 5.74) is 7.58. The number of rotatable bonds is 3. The Balaban J connectivity index is 3.28. The fraction of sp³-hybridized carbons (Fsp3) is 0.571. The molecule has 0 atom stereocenters. The van der Waals surface area contributed by atoms with Crippen molar-refractivity contribution in [1.82, 2.24) is 0 Å². The van der Waals surface area contributed by atoms with Crippen LogP contribution in [-0.2, 0) is 12.8 Å². The molecule has 0 bridgehead atoms. The number of hydrogen-bond acceptors (Lipinski definition) is 0. The van der Waals surface area contributed by atoms with Gasteiger partial charge >= 0.3 is 0 Å². The molecule has 0 aliphatic heterocycles. The fourth-order valence-corrected chi connectivity index (χ4v) is 2.20. The molecule has 0 heterocycles. The van der Waals surface area contributed by atoms with Crippen LogP contribution in [0.2, 0.25) is 0 Å². The molecule has 0 saturated carbocycles. The monoisotopic (exact) mass is 190 g/mol. The first-order valence-electron chi connectivity index (χ1n) is 5.70. The van der Waals surface area contributed by atoms with Gasteiger partial charge in [0.15, 0.2) is 0 Å². The first-order chi connectivity index (χ1) is 6.61. The maximum absolute atomic E-state index is 2.38. The van der Waals surface area contributed by atoms with E-state index < -0.39 is 0 Å². The Kier molecular flexibility index (Phi) is 3.74. The summed E-state index contributed by atoms with van der Waals surface area (Å²) < 4.78 is 0. The van der Waals surface area contributed by atoms with Crippen molar-refractivity contribution in [2.75, 3.05) is 0 Å². The maximum atomic E-state index is 2.38. The van der Waals surface area contributed by atoms with E-state index in [1.54, 1.807) is 11.1 Å². The summed E-state index contributed by atoms with van der Waals surface area (Å²) in [6.45, 7) is 11.2. The van der Waals surface area contributed by atoms with E-state index in [-0.39, 0.29) is 0 Å². The van der Waals surface area contributed by atoms with Crippen LogP contribution in [0.5, 0.6) is 0 Å². The summed E-state index contributed by atoms with van der Waals surface area (Å²) in [5, 5.41) is 0. The quantitative estimate of drug-likeness (QED) is 0.672. The van der Waals surface area contributed by atoms with Crippen LogP contribution < -0.4 is 0 Å². The molecule has 0 spiro atoms. The third kappa shape index (κ3) is 2.00. The third-order valence-electron chi connectivity index (χ3n) is 3.26. The summed E-state index contributed by atoms with van der Waals surface area (Å²) in [6, 6.07) is 2.38. The summed E-state index contributed by atoms with van der Waals surface area (Å²) in [4.78, 5) is 0. The topological polar surface area (TPSA) is 0 Å². The number of hydrogen-bond donors (Lipinski definition) is 0. The van der Waals surface area contributed by atoms with E-state index in [2.05, 4.69) is 40.7 Å². The molecule has 0 aliphatic carbocycles. The Morgan fingerprint density at radius 3 is 2.14 bits per heavy atom. The van der Waals surface area contributed by atoms with Gasteiger partial charge in [-0.05, 0) is 61.4 Å². The minimum atomic E-state index is 1.17. The van der Waals surface area contributed by atoms with Crippen molar-refractivity contribution in [3.05, 3.63) is 33.9 Å². The van der Waals surface area contributed by atoms with Gasteiger partial charge in [0.25, 0.3) is 0 Å². The van der Waals surface area contributed by atoms with Gasteiger partial charge in [0, 0.05) is 0 Å². The summed E-state index contributed by atoms with van der Waals surface area (Å²) in [7, 11) is 0. The molecule has 78 valence electrons. The normalized spacial score (nSPS) is 10.6. The molecule has 0 radical (unpaired) electrons. The van der Waals surface area contributed by atoms with Gasteiger partial charge in [-0.1, -0.05) is 26.3 Å². The molecule has 1 rings (SSSR count). The SMILES string of the molecule is CCCc1cc(C)c(C)c(C)c1CC. The highest BCUT2D eigenvalue weighted by atomic mass is 14.1. The number of benzene rings is 1. The lowest BCUT2D eigenvalue weighted by Crippen LogP contribution is -2.00. The molecule has 1 aromatic rings. The van der Waals surface area contributed by atoms with Crippen LogP contribution in [0.25, 0.3) is 0 Å². The zero-order chi connectivity index (χ0) is 10.7. The van der Waals surface area contributed by atoms with Gasteiger partial charge in [-0.3, -0.25) is 0 Å². The van der Waals surface area contributed by atoms with E-state index in [9.17, 15) is 0 Å². The molecular weight excluding hydrogens is 168 g/mol. The van der Waals surface area contributed by atoms with E-state index in [4.69, 9.17) is 0 Å². The van der Waals surface area contributed by atoms with Gasteiger partial charge < -0.3 is 0 Å². The van der Waals surface area contributed by atoms with E-state index in [0.717, 1.165) is 0 Å². The minimum Gasteiger partial charge on any atom is -0.0651 e. The molecule has 0 N–H and O–H groups in total. The minimum absolute atomic E-state index is 1.17. The van der Waals surface area contributed by atoms with Crippen molar-refractivity contribution in [2.24, 2.45) is 0 Å². The van der Waals surface area contributed by atoms with Gasteiger partial charge in [-0.25, -0.2) is 0 Å². The van der Waals surface area contributed by atoms with Gasteiger partial charge in [-0.15, -0.1) is 0 Å². The zero-order valence-corrected chi connectivity index (χ0v) is 10.2. The number of aryl methyl sites for hydroxylation is 2. The Morgan fingerprint density at radius 2 is 1.64 bits per heavy atom. The first kappa shape index (κ1) is 11.3. The molecular formula is C14H22. The molecule has 14 heavy (non-hydrogen) atoms. The predicted octanol–water partition coefficient (Wildman–Crippen LogP) is 4.13. The fourth-order valence-electron chi connectivity index (χ4n) is 2.20. The molecule has 0 unspecified atom stereocenters. The summed E-state index contributed by atoms with van der Waals surface area (Å²) in [6.07, 6.45) is 3.64. The summed E-state index contributed by atoms with van der Waals surface area (Å²) >= 11 is 0. The van der Waals surface area contributed by atoms with Crippen LogP contribution in [0, 0.1) is 20.8 Å². The molecule has 0 saturated heterocycles. The highest BCUT2D eigenvalue weighted by Gasteiger charge is 2.07. The van der Waals surface area contributed by atoms with Crippen LogP contribution in [0.3, 0.4) is 0 Å². The largest absolute Gasteiger partial charge is 0.0651 e. The molecule has 0 fully saturated rings. The average Bonchev–Trinajstić information content (AvgIpc) is 2.16. The van der Waals surface area contributed by atoms with Gasteiger partial charge in [0.05, 0.1) is 0 Å². The Bertz CT molecular complexity index is 321. The Hall–Kier alpha value is -0.780. The van der Waals surface area contributed by atoms with Crippen molar-refractivity contribution in [3.63, 3.8) is 0 Å². The average molecular weight is 190 g/mol. The molecule has 1 aromatic carbocycles. The molecule has 0 heteroatoms. The van der Waals surface area contributed by atoms with Crippen LogP contribution in [0.4, 0.5) is 0 Å². The van der Waals surface area contributed by atoms with Crippen molar-refractivity contribution in [3.8, 4) is 0 Å². The van der Waals surface area contributed by atoms with Crippen molar-refractivity contribution >= 4 is 0 Å². The van der Waals surface area contributed by atoms with Crippen LogP contribution in [-0.4, -0.2) is 0 Å². The van der Waals surface area contributed by atoms with E-state index >= 15 is 0 Å². The first-order valence-corrected chi connectivity index (χ1v) is 5.70. The molecule has 0 amide bonds. The Labute approximate surface area is 88.4 Å². The van der Waals surface area contributed by atoms with Gasteiger partial charge in [-0.2, -0.15) is 0 Å². The van der Waals surface area contributed by atoms with Crippen LogP contribution >= 0.6 is 0 Å². The molecule has 0 aliphatic rings. The van der Waals surface area contributed by atoms with E-state index in [0.29, 0.717) is 0 Å². The van der Waals surface area contributed by atoms with Crippen LogP contribution in [0.1, 0.15) is 48.1 Å². The van der Waals surface area contributed by atoms with Crippen molar-refractivity contribution in [2.45, 2.75) is 53.9 Å². The second-order valence-corrected chi connectivity index (χ2v) is 4.18. The lowest BCUT2D eigenvalue weighted by molar-refractivity contribution is 0.889. The lowest BCUT2D eigenvalue weighted by atomic mass is 9.90. The van der Waals surface area contributed by atoms with Crippen molar-refractivity contribution in [1.29, 1.82) is 0 Å². The van der Waals surface area contributed by atoms with E-state index in [1.807, 2.05) is 0 Å². The van der Waals surface area contributed by atoms with E-state index in [1.165, 1.54) is 36.0 Å². The van der Waals surface area contributed by atoms with Crippen molar-refractivity contribution < 1.29 is 0 Å². The smallest absolute Gasteiger partial charge is 0.0279 e. The second kappa shape index (κ2) is 4.63. The lowest BCUT2D eigenvalue weighted by Gasteiger charge is -2.15. The standard InChI is InChI=1S/C14H22/c1-6-8-13-9-10(3)11(4)12(5)14(13)7-2/h9H,6-8H2,1-5H3. The predicted molar refractivity (Wildman–Crippen MR) is 64.0 cm³/mol. The highest BCUT2D eigenvalue weighted by Crippen LogP contribution is 2.23. The second-order valence-electron chi connectivity index (χ2n) is 4.18. The maximum Gasteiger partial charge on any atom is -0.0279 e. The van der Waals surface area contributed by atoms with Gasteiger partial charge in [0.2, 0.25) is 0 Å². The third-order valence-corrected chi connectivity index (χ3v) is 3.26.